The Morgan fingerprint density at radius 3 is 2.19 bits per heavy atom. The van der Waals surface area contributed by atoms with Crippen LogP contribution in [0.1, 0.15) is 12.0 Å². The molecular weight excluding hydrogens is 359 g/mol. The largest absolute Gasteiger partial charge is 0.457 e. The zero-order valence-electron chi connectivity index (χ0n) is 14.3. The first-order valence-electron chi connectivity index (χ1n) is 7.96. The summed E-state index contributed by atoms with van der Waals surface area (Å²) in [7, 11) is -3.15. The van der Waals surface area contributed by atoms with Gasteiger partial charge in [0.1, 0.15) is 27.2 Å². The number of hydrogen-bond donors (Lipinski definition) is 2. The third-order valence-electron chi connectivity index (χ3n) is 3.58. The molecule has 0 bridgehead atoms. The third-order valence-corrected chi connectivity index (χ3v) is 4.55. The van der Waals surface area contributed by atoms with Crippen molar-refractivity contribution in [1.82, 2.24) is 5.32 Å². The molecular formula is C18H21FN2O4S. The van der Waals surface area contributed by atoms with Crippen molar-refractivity contribution in [3.05, 3.63) is 59.9 Å². The Morgan fingerprint density at radius 2 is 1.65 bits per heavy atom. The predicted molar refractivity (Wildman–Crippen MR) is 97.1 cm³/mol. The first-order chi connectivity index (χ1) is 12.2. The van der Waals surface area contributed by atoms with Crippen LogP contribution in [-0.4, -0.2) is 32.4 Å². The molecule has 3 N–H and O–H groups in total. The van der Waals surface area contributed by atoms with E-state index in [1.165, 1.54) is 24.3 Å². The second-order valence-electron chi connectivity index (χ2n) is 5.94. The number of carbonyl (C=O) groups is 1. The quantitative estimate of drug-likeness (QED) is 0.730. The Bertz CT molecular complexity index is 836. The number of sulfone groups is 1. The second kappa shape index (κ2) is 8.77. The summed E-state index contributed by atoms with van der Waals surface area (Å²) in [5.74, 6) is 0.233. The summed E-state index contributed by atoms with van der Waals surface area (Å²) in [4.78, 5) is 11.9. The van der Waals surface area contributed by atoms with Crippen LogP contribution < -0.4 is 15.8 Å². The van der Waals surface area contributed by atoms with Crippen LogP contribution in [0.5, 0.6) is 11.5 Å². The summed E-state index contributed by atoms with van der Waals surface area (Å²) < 4.78 is 40.6. The molecule has 2 aromatic rings. The van der Waals surface area contributed by atoms with Crippen LogP contribution in [0.25, 0.3) is 0 Å². The van der Waals surface area contributed by atoms with Crippen LogP contribution >= 0.6 is 0 Å². The number of carbonyl (C=O) groups excluding carboxylic acids is 1. The van der Waals surface area contributed by atoms with Gasteiger partial charge < -0.3 is 15.8 Å². The minimum atomic E-state index is -3.15. The van der Waals surface area contributed by atoms with E-state index in [9.17, 15) is 17.6 Å². The van der Waals surface area contributed by atoms with Crippen molar-refractivity contribution in [1.29, 1.82) is 0 Å². The second-order valence-corrected chi connectivity index (χ2v) is 8.20. The van der Waals surface area contributed by atoms with E-state index in [4.69, 9.17) is 10.5 Å². The van der Waals surface area contributed by atoms with Gasteiger partial charge in [-0.3, -0.25) is 4.79 Å². The molecule has 0 aliphatic heterocycles. The lowest BCUT2D eigenvalue weighted by Crippen LogP contribution is -2.41. The first kappa shape index (κ1) is 19.9. The van der Waals surface area contributed by atoms with Crippen molar-refractivity contribution in [2.45, 2.75) is 19.0 Å². The number of hydrogen-bond acceptors (Lipinski definition) is 5. The van der Waals surface area contributed by atoms with Gasteiger partial charge in [-0.05, 0) is 48.4 Å². The Kier molecular flexibility index (Phi) is 6.70. The SMILES string of the molecule is CS(=O)(=O)CCC(N)C(=O)NCc1ccc(Oc2ccc(F)cc2)cc1. The van der Waals surface area contributed by atoms with Crippen molar-refractivity contribution in [2.24, 2.45) is 5.73 Å². The van der Waals surface area contributed by atoms with E-state index in [0.29, 0.717) is 11.5 Å². The molecule has 6 nitrogen and oxygen atoms in total. The fourth-order valence-electron chi connectivity index (χ4n) is 2.11. The highest BCUT2D eigenvalue weighted by molar-refractivity contribution is 7.90. The third kappa shape index (κ3) is 6.81. The summed E-state index contributed by atoms with van der Waals surface area (Å²) in [6, 6.07) is 11.8. The summed E-state index contributed by atoms with van der Waals surface area (Å²) >= 11 is 0. The molecule has 0 saturated carbocycles. The van der Waals surface area contributed by atoms with Crippen LogP contribution in [0.3, 0.4) is 0 Å². The minimum Gasteiger partial charge on any atom is -0.457 e. The molecule has 140 valence electrons. The standard InChI is InChI=1S/C18H21FN2O4S/c1-26(23,24)11-10-17(20)18(22)21-12-13-2-6-15(7-3-13)25-16-8-4-14(19)5-9-16/h2-9,17H,10-12,20H2,1H3,(H,21,22). The maximum absolute atomic E-state index is 12.9. The highest BCUT2D eigenvalue weighted by atomic mass is 32.2. The zero-order valence-corrected chi connectivity index (χ0v) is 15.1. The number of amides is 1. The van der Waals surface area contributed by atoms with Gasteiger partial charge in [-0.2, -0.15) is 0 Å². The summed E-state index contributed by atoms with van der Waals surface area (Å²) in [6.07, 6.45) is 1.18. The van der Waals surface area contributed by atoms with E-state index >= 15 is 0 Å². The highest BCUT2D eigenvalue weighted by Gasteiger charge is 2.15. The molecule has 0 aliphatic carbocycles. The monoisotopic (exact) mass is 380 g/mol. The van der Waals surface area contributed by atoms with E-state index < -0.39 is 21.8 Å². The molecule has 0 heterocycles. The van der Waals surface area contributed by atoms with Gasteiger partial charge in [0.2, 0.25) is 5.91 Å². The predicted octanol–water partition coefficient (Wildman–Crippen LogP) is 2.00. The van der Waals surface area contributed by atoms with Gasteiger partial charge in [-0.25, -0.2) is 12.8 Å². The number of nitrogens with one attached hydrogen (secondary N) is 1. The number of rotatable bonds is 8. The fraction of sp³-hybridized carbons (Fsp3) is 0.278. The summed E-state index contributed by atoms with van der Waals surface area (Å²) in [5, 5.41) is 2.67. The lowest BCUT2D eigenvalue weighted by atomic mass is 10.2. The van der Waals surface area contributed by atoms with Crippen LogP contribution in [0.15, 0.2) is 48.5 Å². The molecule has 26 heavy (non-hydrogen) atoms. The molecule has 0 aliphatic rings. The molecule has 8 heteroatoms. The molecule has 2 rings (SSSR count). The maximum Gasteiger partial charge on any atom is 0.237 e. The van der Waals surface area contributed by atoms with Gasteiger partial charge in [0, 0.05) is 12.8 Å². The molecule has 0 radical (unpaired) electrons. The average molecular weight is 380 g/mol. The van der Waals surface area contributed by atoms with E-state index in [1.807, 2.05) is 0 Å². The number of nitrogens with two attached hydrogens (primary N) is 1. The van der Waals surface area contributed by atoms with Gasteiger partial charge in [-0.15, -0.1) is 0 Å². The van der Waals surface area contributed by atoms with Crippen molar-refractivity contribution in [2.75, 3.05) is 12.0 Å². The molecule has 1 unspecified atom stereocenters. The van der Waals surface area contributed by atoms with Crippen molar-refractivity contribution >= 4 is 15.7 Å². The fourth-order valence-corrected chi connectivity index (χ4v) is 2.79. The lowest BCUT2D eigenvalue weighted by Gasteiger charge is -2.12. The Labute approximate surface area is 152 Å². The van der Waals surface area contributed by atoms with E-state index in [2.05, 4.69) is 5.32 Å². The van der Waals surface area contributed by atoms with Crippen LogP contribution in [0.4, 0.5) is 4.39 Å². The number of ether oxygens (including phenoxy) is 1. The Morgan fingerprint density at radius 1 is 1.12 bits per heavy atom. The van der Waals surface area contributed by atoms with Gasteiger partial charge in [0.15, 0.2) is 0 Å². The van der Waals surface area contributed by atoms with E-state index in [1.54, 1.807) is 24.3 Å². The van der Waals surface area contributed by atoms with Gasteiger partial charge in [0.25, 0.3) is 0 Å². The average Bonchev–Trinajstić information content (AvgIpc) is 2.60. The van der Waals surface area contributed by atoms with Crippen LogP contribution in [0, 0.1) is 5.82 Å². The van der Waals surface area contributed by atoms with Crippen molar-refractivity contribution in [3.8, 4) is 11.5 Å². The molecule has 0 saturated heterocycles. The van der Waals surface area contributed by atoms with E-state index in [0.717, 1.165) is 11.8 Å². The van der Waals surface area contributed by atoms with Crippen LogP contribution in [0.2, 0.25) is 0 Å². The van der Waals surface area contributed by atoms with Crippen molar-refractivity contribution < 1.29 is 22.3 Å². The topological polar surface area (TPSA) is 98.5 Å². The van der Waals surface area contributed by atoms with Crippen molar-refractivity contribution in [3.63, 3.8) is 0 Å². The minimum absolute atomic E-state index is 0.0785. The normalized spacial score (nSPS) is 12.4. The molecule has 0 spiro atoms. The van der Waals surface area contributed by atoms with E-state index in [-0.39, 0.29) is 24.5 Å². The number of halogens is 1. The molecule has 0 fully saturated rings. The Balaban J connectivity index is 1.83. The van der Waals surface area contributed by atoms with Gasteiger partial charge in [-0.1, -0.05) is 12.1 Å². The lowest BCUT2D eigenvalue weighted by molar-refractivity contribution is -0.122. The smallest absolute Gasteiger partial charge is 0.237 e. The first-order valence-corrected chi connectivity index (χ1v) is 10.0. The summed E-state index contributed by atoms with van der Waals surface area (Å²) in [6.45, 7) is 0.266. The number of benzene rings is 2. The summed E-state index contributed by atoms with van der Waals surface area (Å²) in [5.41, 5.74) is 6.52. The molecule has 1 atom stereocenters. The van der Waals surface area contributed by atoms with Crippen LogP contribution in [-0.2, 0) is 21.2 Å². The molecule has 0 aromatic heterocycles. The molecule has 1 amide bonds. The van der Waals surface area contributed by atoms with Gasteiger partial charge >= 0.3 is 0 Å². The maximum atomic E-state index is 12.9. The van der Waals surface area contributed by atoms with Gasteiger partial charge in [0.05, 0.1) is 11.8 Å². The Hall–Kier alpha value is -2.45. The zero-order chi connectivity index (χ0) is 19.2. The molecule has 2 aromatic carbocycles. The highest BCUT2D eigenvalue weighted by Crippen LogP contribution is 2.21.